The molecule has 0 spiro atoms. The zero-order chi connectivity index (χ0) is 14.9. The van der Waals surface area contributed by atoms with Gasteiger partial charge in [0.15, 0.2) is 21.8 Å². The van der Waals surface area contributed by atoms with Crippen molar-refractivity contribution in [2.75, 3.05) is 5.32 Å². The van der Waals surface area contributed by atoms with Crippen LogP contribution in [0, 0.1) is 21.7 Å². The van der Waals surface area contributed by atoms with Crippen LogP contribution in [0.4, 0.5) is 20.2 Å². The molecule has 1 aromatic heterocycles. The van der Waals surface area contributed by atoms with Gasteiger partial charge in [0.1, 0.15) is 5.02 Å². The highest BCUT2D eigenvalue weighted by molar-refractivity contribution is 7.15. The molecule has 10 heteroatoms. The number of nitrogens with one attached hydrogen (secondary N) is 1. The van der Waals surface area contributed by atoms with Crippen molar-refractivity contribution in [3.8, 4) is 0 Å². The molecule has 0 aliphatic heterocycles. The Hall–Kier alpha value is -1.51. The molecule has 0 unspecified atom stereocenters. The Labute approximate surface area is 125 Å². The van der Waals surface area contributed by atoms with Gasteiger partial charge < -0.3 is 5.32 Å². The summed E-state index contributed by atoms with van der Waals surface area (Å²) in [6.45, 7) is 0.0457. The lowest BCUT2D eigenvalue weighted by Gasteiger charge is -2.08. The number of halogens is 4. The van der Waals surface area contributed by atoms with Crippen molar-refractivity contribution < 1.29 is 13.7 Å². The fourth-order valence-corrected chi connectivity index (χ4v) is 2.50. The SMILES string of the molecule is O=[N+]([O-])c1cc(F)c(Cl)c(F)c1NCc1cnc(Cl)s1. The van der Waals surface area contributed by atoms with E-state index in [0.29, 0.717) is 10.9 Å². The average molecular weight is 340 g/mol. The molecule has 0 radical (unpaired) electrons. The van der Waals surface area contributed by atoms with Crippen molar-refractivity contribution in [2.24, 2.45) is 0 Å². The highest BCUT2D eigenvalue weighted by atomic mass is 35.5. The summed E-state index contributed by atoms with van der Waals surface area (Å²) in [5, 5.41) is 12.5. The maximum absolute atomic E-state index is 13.8. The number of nitro benzene ring substituents is 1. The minimum absolute atomic E-state index is 0.0457. The molecule has 0 amide bonds. The van der Waals surface area contributed by atoms with Crippen LogP contribution in [0.1, 0.15) is 4.88 Å². The number of hydrogen-bond acceptors (Lipinski definition) is 5. The van der Waals surface area contributed by atoms with Crippen LogP contribution in [0.3, 0.4) is 0 Å². The maximum Gasteiger partial charge on any atom is 0.298 e. The largest absolute Gasteiger partial charge is 0.372 e. The molecule has 0 fully saturated rings. The van der Waals surface area contributed by atoms with Crippen LogP contribution in [-0.4, -0.2) is 9.91 Å². The number of nitro groups is 1. The summed E-state index contributed by atoms with van der Waals surface area (Å²) in [5.74, 6) is -2.41. The molecule has 0 saturated carbocycles. The fourth-order valence-electron chi connectivity index (χ4n) is 1.44. The minimum Gasteiger partial charge on any atom is -0.372 e. The molecule has 106 valence electrons. The molecule has 2 aromatic rings. The predicted molar refractivity (Wildman–Crippen MR) is 72.5 cm³/mol. The molecule has 5 nitrogen and oxygen atoms in total. The Kier molecular flexibility index (Phi) is 4.36. The molecule has 1 N–H and O–H groups in total. The van der Waals surface area contributed by atoms with Gasteiger partial charge >= 0.3 is 0 Å². The molecular weight excluding hydrogens is 335 g/mol. The van der Waals surface area contributed by atoms with Crippen molar-refractivity contribution in [2.45, 2.75) is 6.54 Å². The highest BCUT2D eigenvalue weighted by Crippen LogP contribution is 2.35. The number of hydrogen-bond donors (Lipinski definition) is 1. The van der Waals surface area contributed by atoms with E-state index in [0.717, 1.165) is 11.3 Å². The number of rotatable bonds is 4. The highest BCUT2D eigenvalue weighted by Gasteiger charge is 2.24. The zero-order valence-electron chi connectivity index (χ0n) is 9.49. The Morgan fingerprint density at radius 2 is 2.15 bits per heavy atom. The van der Waals surface area contributed by atoms with Gasteiger partial charge in [0.05, 0.1) is 17.5 Å². The van der Waals surface area contributed by atoms with Crippen LogP contribution in [-0.2, 0) is 6.54 Å². The first-order chi connectivity index (χ1) is 9.40. The van der Waals surface area contributed by atoms with Crippen LogP contribution in [0.5, 0.6) is 0 Å². The summed E-state index contributed by atoms with van der Waals surface area (Å²) in [6.07, 6.45) is 1.44. The van der Waals surface area contributed by atoms with Crippen molar-refractivity contribution in [3.63, 3.8) is 0 Å². The molecule has 1 aromatic carbocycles. The van der Waals surface area contributed by atoms with Gasteiger partial charge in [0.25, 0.3) is 5.69 Å². The van der Waals surface area contributed by atoms with E-state index in [1.54, 1.807) is 0 Å². The topological polar surface area (TPSA) is 68.1 Å². The van der Waals surface area contributed by atoms with E-state index in [9.17, 15) is 18.9 Å². The second-order valence-corrected chi connectivity index (χ2v) is 5.65. The molecule has 0 bridgehead atoms. The van der Waals surface area contributed by atoms with Gasteiger partial charge in [-0.3, -0.25) is 10.1 Å². The Morgan fingerprint density at radius 1 is 1.45 bits per heavy atom. The van der Waals surface area contributed by atoms with E-state index in [2.05, 4.69) is 10.3 Å². The summed E-state index contributed by atoms with van der Waals surface area (Å²) >= 11 is 12.2. The summed E-state index contributed by atoms with van der Waals surface area (Å²) < 4.78 is 27.3. The summed E-state index contributed by atoms with van der Waals surface area (Å²) in [5.41, 5.74) is -1.22. The lowest BCUT2D eigenvalue weighted by molar-refractivity contribution is -0.384. The second-order valence-electron chi connectivity index (χ2n) is 3.57. The number of anilines is 1. The van der Waals surface area contributed by atoms with Gasteiger partial charge in [-0.05, 0) is 0 Å². The Balaban J connectivity index is 2.34. The Morgan fingerprint density at radius 3 is 2.70 bits per heavy atom. The quantitative estimate of drug-likeness (QED) is 0.513. The third-order valence-corrected chi connectivity index (χ3v) is 3.76. The standard InChI is InChI=1S/C10H5Cl2F2N3O2S/c11-7-5(13)1-6(17(18)19)9(8(7)14)15-2-4-3-16-10(12)20-4/h1,3,15H,2H2. The van der Waals surface area contributed by atoms with E-state index < -0.39 is 33.0 Å². The number of aromatic nitrogens is 1. The monoisotopic (exact) mass is 339 g/mol. The normalized spacial score (nSPS) is 10.6. The fraction of sp³-hybridized carbons (Fsp3) is 0.100. The van der Waals surface area contributed by atoms with E-state index in [4.69, 9.17) is 23.2 Å². The number of benzene rings is 1. The van der Waals surface area contributed by atoms with Crippen molar-refractivity contribution in [1.29, 1.82) is 0 Å². The first kappa shape index (κ1) is 14.9. The van der Waals surface area contributed by atoms with Gasteiger partial charge in [-0.25, -0.2) is 13.8 Å². The Bertz CT molecular complexity index is 681. The lowest BCUT2D eigenvalue weighted by Crippen LogP contribution is -2.05. The average Bonchev–Trinajstić information content (AvgIpc) is 2.80. The van der Waals surface area contributed by atoms with Gasteiger partial charge in [0, 0.05) is 11.1 Å². The zero-order valence-corrected chi connectivity index (χ0v) is 11.8. The minimum atomic E-state index is -1.21. The van der Waals surface area contributed by atoms with Crippen LogP contribution >= 0.6 is 34.5 Å². The number of nitrogens with zero attached hydrogens (tertiary/aromatic N) is 2. The van der Waals surface area contributed by atoms with Crippen LogP contribution in [0.2, 0.25) is 9.49 Å². The lowest BCUT2D eigenvalue weighted by atomic mass is 10.2. The molecular formula is C10H5Cl2F2N3O2S. The van der Waals surface area contributed by atoms with Gasteiger partial charge in [-0.15, -0.1) is 11.3 Å². The summed E-state index contributed by atoms with van der Waals surface area (Å²) in [7, 11) is 0. The van der Waals surface area contributed by atoms with Gasteiger partial charge in [-0.2, -0.15) is 0 Å². The van der Waals surface area contributed by atoms with Crippen LogP contribution in [0.25, 0.3) is 0 Å². The summed E-state index contributed by atoms with van der Waals surface area (Å²) in [4.78, 5) is 14.3. The molecule has 0 aliphatic rings. The van der Waals surface area contributed by atoms with Crippen molar-refractivity contribution >= 4 is 45.9 Å². The van der Waals surface area contributed by atoms with E-state index in [1.165, 1.54) is 6.20 Å². The van der Waals surface area contributed by atoms with E-state index >= 15 is 0 Å². The van der Waals surface area contributed by atoms with Crippen molar-refractivity contribution in [3.05, 3.63) is 48.4 Å². The third-order valence-electron chi connectivity index (χ3n) is 2.30. The van der Waals surface area contributed by atoms with Gasteiger partial charge in [-0.1, -0.05) is 23.2 Å². The molecule has 2 rings (SSSR count). The maximum atomic E-state index is 13.8. The van der Waals surface area contributed by atoms with Crippen LogP contribution in [0.15, 0.2) is 12.3 Å². The smallest absolute Gasteiger partial charge is 0.298 e. The second kappa shape index (κ2) is 5.86. The molecule has 0 aliphatic carbocycles. The molecule has 1 heterocycles. The first-order valence-electron chi connectivity index (χ1n) is 5.06. The van der Waals surface area contributed by atoms with Crippen molar-refractivity contribution in [1.82, 2.24) is 4.98 Å². The summed E-state index contributed by atoms with van der Waals surface area (Å²) in [6, 6.07) is 0.563. The van der Waals surface area contributed by atoms with Crippen LogP contribution < -0.4 is 5.32 Å². The number of thiazole rings is 1. The first-order valence-corrected chi connectivity index (χ1v) is 6.63. The molecule has 0 atom stereocenters. The van der Waals surface area contributed by atoms with E-state index in [-0.39, 0.29) is 11.0 Å². The van der Waals surface area contributed by atoms with E-state index in [1.807, 2.05) is 0 Å². The predicted octanol–water partition coefficient (Wildman–Crippen LogP) is 4.25. The molecule has 0 saturated heterocycles. The van der Waals surface area contributed by atoms with Gasteiger partial charge in [0.2, 0.25) is 0 Å². The third kappa shape index (κ3) is 2.97. The molecule has 20 heavy (non-hydrogen) atoms.